The number of carbonyl (C=O) groups excluding carboxylic acids is 3. The van der Waals surface area contributed by atoms with Gasteiger partial charge in [-0.15, -0.1) is 0 Å². The number of nitrogens with two attached hydrogens (primary N) is 1. The number of hydrogen-bond acceptors (Lipinski definition) is 4. The highest BCUT2D eigenvalue weighted by Crippen LogP contribution is 2.19. The van der Waals surface area contributed by atoms with Gasteiger partial charge in [0.1, 0.15) is 6.04 Å². The summed E-state index contributed by atoms with van der Waals surface area (Å²) >= 11 is 5.86. The van der Waals surface area contributed by atoms with Crippen molar-refractivity contribution in [2.75, 3.05) is 5.73 Å². The van der Waals surface area contributed by atoms with E-state index in [0.29, 0.717) is 5.69 Å². The lowest BCUT2D eigenvalue weighted by Crippen LogP contribution is -2.40. The zero-order chi connectivity index (χ0) is 13.3. The van der Waals surface area contributed by atoms with Crippen LogP contribution in [0.5, 0.6) is 0 Å². The van der Waals surface area contributed by atoms with Crippen molar-refractivity contribution in [3.8, 4) is 0 Å². The molecule has 18 heavy (non-hydrogen) atoms. The first kappa shape index (κ1) is 12.4. The van der Waals surface area contributed by atoms with Gasteiger partial charge in [-0.2, -0.15) is 0 Å². The van der Waals surface area contributed by atoms with Gasteiger partial charge in [-0.05, 0) is 18.2 Å². The van der Waals surface area contributed by atoms with Crippen LogP contribution in [0.4, 0.5) is 5.69 Å². The van der Waals surface area contributed by atoms with E-state index in [1.54, 1.807) is 6.07 Å². The molecule has 1 aliphatic rings. The summed E-state index contributed by atoms with van der Waals surface area (Å²) in [5.41, 5.74) is 6.11. The second-order valence-electron chi connectivity index (χ2n) is 3.88. The monoisotopic (exact) mass is 267 g/mol. The van der Waals surface area contributed by atoms with E-state index < -0.39 is 23.8 Å². The lowest BCUT2D eigenvalue weighted by Gasteiger charge is -2.10. The molecule has 3 amide bonds. The van der Waals surface area contributed by atoms with Gasteiger partial charge in [-0.3, -0.25) is 19.7 Å². The zero-order valence-electron chi connectivity index (χ0n) is 9.20. The highest BCUT2D eigenvalue weighted by molar-refractivity contribution is 6.34. The van der Waals surface area contributed by atoms with Crippen molar-refractivity contribution < 1.29 is 14.4 Å². The minimum atomic E-state index is -0.859. The molecule has 0 bridgehead atoms. The number of benzene rings is 1. The molecule has 0 spiro atoms. The predicted octanol–water partition coefficient (Wildman–Crippen LogP) is 0.0671. The first-order chi connectivity index (χ1) is 8.47. The molecule has 1 fully saturated rings. The second kappa shape index (κ2) is 4.66. The van der Waals surface area contributed by atoms with E-state index in [4.69, 9.17) is 17.3 Å². The van der Waals surface area contributed by atoms with E-state index in [-0.39, 0.29) is 17.0 Å². The number of amides is 3. The molecule has 1 aromatic carbocycles. The van der Waals surface area contributed by atoms with Gasteiger partial charge in [-0.1, -0.05) is 11.6 Å². The molecule has 1 unspecified atom stereocenters. The number of carbonyl (C=O) groups is 3. The molecule has 1 aliphatic heterocycles. The fourth-order valence-electron chi connectivity index (χ4n) is 1.62. The summed E-state index contributed by atoms with van der Waals surface area (Å²) in [5.74, 6) is -1.47. The number of anilines is 1. The predicted molar refractivity (Wildman–Crippen MR) is 64.9 cm³/mol. The van der Waals surface area contributed by atoms with Crippen LogP contribution in [0.2, 0.25) is 5.02 Å². The maximum absolute atomic E-state index is 11.9. The number of imide groups is 1. The molecule has 6 nitrogen and oxygen atoms in total. The quantitative estimate of drug-likeness (QED) is 0.521. The largest absolute Gasteiger partial charge is 0.399 e. The third-order valence-corrected chi connectivity index (χ3v) is 2.84. The Bertz CT molecular complexity index is 544. The van der Waals surface area contributed by atoms with E-state index in [1.165, 1.54) is 12.1 Å². The smallest absolute Gasteiger partial charge is 0.253 e. The summed E-state index contributed by atoms with van der Waals surface area (Å²) in [7, 11) is 0. The lowest BCUT2D eigenvalue weighted by molar-refractivity contribution is -0.125. The van der Waals surface area contributed by atoms with Crippen molar-refractivity contribution in [3.05, 3.63) is 28.8 Å². The molecule has 4 N–H and O–H groups in total. The maximum atomic E-state index is 11.9. The van der Waals surface area contributed by atoms with E-state index in [2.05, 4.69) is 10.6 Å². The van der Waals surface area contributed by atoms with Gasteiger partial charge in [0.2, 0.25) is 11.8 Å². The van der Waals surface area contributed by atoms with Gasteiger partial charge < -0.3 is 11.1 Å². The van der Waals surface area contributed by atoms with Crippen LogP contribution in [0.1, 0.15) is 16.8 Å². The van der Waals surface area contributed by atoms with Crippen LogP contribution in [-0.4, -0.2) is 23.8 Å². The van der Waals surface area contributed by atoms with Gasteiger partial charge in [0.15, 0.2) is 0 Å². The standard InChI is InChI=1S/C11H10ClN3O3/c12-7-2-1-5(13)3-6(7)10(17)14-8-4-9(16)15-11(8)18/h1-3,8H,4,13H2,(H,14,17)(H,15,16,18). The summed E-state index contributed by atoms with van der Waals surface area (Å²) in [6, 6.07) is 3.60. The SMILES string of the molecule is Nc1ccc(Cl)c(C(=O)NC2CC(=O)NC2=O)c1. The Morgan fingerprint density at radius 1 is 1.44 bits per heavy atom. The van der Waals surface area contributed by atoms with E-state index in [9.17, 15) is 14.4 Å². The fraction of sp³-hybridized carbons (Fsp3) is 0.182. The molecule has 2 rings (SSSR count). The number of nitrogen functional groups attached to an aromatic ring is 1. The number of hydrogen-bond donors (Lipinski definition) is 3. The minimum Gasteiger partial charge on any atom is -0.399 e. The first-order valence-corrected chi connectivity index (χ1v) is 5.55. The Kier molecular flexibility index (Phi) is 3.20. The van der Waals surface area contributed by atoms with Crippen molar-refractivity contribution in [3.63, 3.8) is 0 Å². The fourth-order valence-corrected chi connectivity index (χ4v) is 1.83. The topological polar surface area (TPSA) is 101 Å². The van der Waals surface area contributed by atoms with Crippen LogP contribution in [-0.2, 0) is 9.59 Å². The molecule has 0 aliphatic carbocycles. The Labute approximate surface area is 107 Å². The van der Waals surface area contributed by atoms with Crippen LogP contribution in [0.3, 0.4) is 0 Å². The van der Waals surface area contributed by atoms with Crippen LogP contribution < -0.4 is 16.4 Å². The summed E-state index contributed by atoms with van der Waals surface area (Å²) < 4.78 is 0. The van der Waals surface area contributed by atoms with Gasteiger partial charge in [0.05, 0.1) is 17.0 Å². The average molecular weight is 268 g/mol. The second-order valence-corrected chi connectivity index (χ2v) is 4.29. The molecule has 0 aromatic heterocycles. The third kappa shape index (κ3) is 2.43. The minimum absolute atomic E-state index is 0.0650. The molecule has 1 aromatic rings. The summed E-state index contributed by atoms with van der Waals surface area (Å²) in [6.45, 7) is 0. The van der Waals surface area contributed by atoms with Crippen LogP contribution in [0.25, 0.3) is 0 Å². The van der Waals surface area contributed by atoms with E-state index in [1.807, 2.05) is 0 Å². The van der Waals surface area contributed by atoms with Crippen molar-refractivity contribution in [1.29, 1.82) is 0 Å². The molecule has 1 atom stereocenters. The first-order valence-electron chi connectivity index (χ1n) is 5.17. The maximum Gasteiger partial charge on any atom is 0.253 e. The highest BCUT2D eigenvalue weighted by Gasteiger charge is 2.32. The zero-order valence-corrected chi connectivity index (χ0v) is 9.95. The molecule has 0 saturated carbocycles. The molecular weight excluding hydrogens is 258 g/mol. The van der Waals surface area contributed by atoms with Crippen molar-refractivity contribution in [2.45, 2.75) is 12.5 Å². The van der Waals surface area contributed by atoms with Crippen molar-refractivity contribution in [2.24, 2.45) is 0 Å². The van der Waals surface area contributed by atoms with Gasteiger partial charge in [0, 0.05) is 5.69 Å². The average Bonchev–Trinajstić information content (AvgIpc) is 2.61. The van der Waals surface area contributed by atoms with E-state index >= 15 is 0 Å². The number of rotatable bonds is 2. The lowest BCUT2D eigenvalue weighted by atomic mass is 10.1. The molecule has 1 saturated heterocycles. The summed E-state index contributed by atoms with van der Waals surface area (Å²) in [4.78, 5) is 34.2. The molecule has 7 heteroatoms. The van der Waals surface area contributed by atoms with Gasteiger partial charge >= 0.3 is 0 Å². The Morgan fingerprint density at radius 2 is 2.17 bits per heavy atom. The Balaban J connectivity index is 2.15. The van der Waals surface area contributed by atoms with E-state index in [0.717, 1.165) is 0 Å². The highest BCUT2D eigenvalue weighted by atomic mass is 35.5. The molecule has 1 heterocycles. The Hall–Kier alpha value is -2.08. The molecule has 0 radical (unpaired) electrons. The van der Waals surface area contributed by atoms with Gasteiger partial charge in [-0.25, -0.2) is 0 Å². The Morgan fingerprint density at radius 3 is 2.78 bits per heavy atom. The third-order valence-electron chi connectivity index (χ3n) is 2.51. The van der Waals surface area contributed by atoms with Crippen LogP contribution in [0.15, 0.2) is 18.2 Å². The van der Waals surface area contributed by atoms with Crippen LogP contribution in [0, 0.1) is 0 Å². The van der Waals surface area contributed by atoms with Gasteiger partial charge in [0.25, 0.3) is 5.91 Å². The number of nitrogens with one attached hydrogen (secondary N) is 2. The molecular formula is C11H10ClN3O3. The number of halogens is 1. The van der Waals surface area contributed by atoms with Crippen molar-refractivity contribution in [1.82, 2.24) is 10.6 Å². The van der Waals surface area contributed by atoms with Crippen LogP contribution >= 0.6 is 11.6 Å². The molecule has 94 valence electrons. The summed E-state index contributed by atoms with van der Waals surface area (Å²) in [5, 5.41) is 4.76. The normalized spacial score (nSPS) is 18.6. The van der Waals surface area contributed by atoms with Crippen molar-refractivity contribution >= 4 is 35.0 Å². The summed E-state index contributed by atoms with van der Waals surface area (Å²) in [6.07, 6.45) is -0.0650.